The Morgan fingerprint density at radius 1 is 1.28 bits per heavy atom. The van der Waals surface area contributed by atoms with Crippen LogP contribution in [-0.2, 0) is 26.8 Å². The van der Waals surface area contributed by atoms with Crippen molar-refractivity contribution in [2.45, 2.75) is 38.5 Å². The van der Waals surface area contributed by atoms with Gasteiger partial charge in [0.25, 0.3) is 0 Å². The van der Waals surface area contributed by atoms with E-state index in [4.69, 9.17) is 16.3 Å². The van der Waals surface area contributed by atoms with Crippen molar-refractivity contribution in [3.05, 3.63) is 35.0 Å². The maximum Gasteiger partial charge on any atom is 0.316 e. The summed E-state index contributed by atoms with van der Waals surface area (Å²) in [6.07, 6.45) is 2.17. The highest BCUT2D eigenvalue weighted by molar-refractivity contribution is 6.32. The zero-order valence-corrected chi connectivity index (χ0v) is 15.9. The molecule has 1 aromatic carbocycles. The number of aromatic nitrogens is 1. The maximum absolute atomic E-state index is 13.0. The van der Waals surface area contributed by atoms with Gasteiger partial charge in [-0.1, -0.05) is 50.1 Å². The molecule has 0 aliphatic heterocycles. The number of aryl methyl sites for hydroxylation is 1. The molecule has 0 bridgehead atoms. The van der Waals surface area contributed by atoms with Crippen molar-refractivity contribution < 1.29 is 14.3 Å². The van der Waals surface area contributed by atoms with Gasteiger partial charge in [-0.15, -0.1) is 0 Å². The first-order valence-corrected chi connectivity index (χ1v) is 9.03. The number of benzene rings is 1. The number of carbonyl (C=O) groups excluding carboxylic acids is 2. The Kier molecular flexibility index (Phi) is 4.67. The van der Waals surface area contributed by atoms with Crippen molar-refractivity contribution in [3.63, 3.8) is 0 Å². The summed E-state index contributed by atoms with van der Waals surface area (Å²) in [6, 6.07) is 8.04. The smallest absolute Gasteiger partial charge is 0.316 e. The van der Waals surface area contributed by atoms with E-state index in [-0.39, 0.29) is 11.7 Å². The van der Waals surface area contributed by atoms with E-state index in [1.165, 1.54) is 7.11 Å². The van der Waals surface area contributed by atoms with Crippen LogP contribution in [0.5, 0.6) is 0 Å². The van der Waals surface area contributed by atoms with Gasteiger partial charge in [0.2, 0.25) is 0 Å². The van der Waals surface area contributed by atoms with Crippen molar-refractivity contribution >= 4 is 34.3 Å². The van der Waals surface area contributed by atoms with Gasteiger partial charge in [0.1, 0.15) is 11.1 Å². The quantitative estimate of drug-likeness (QED) is 0.606. The molecule has 1 aliphatic rings. The van der Waals surface area contributed by atoms with Crippen LogP contribution in [0.15, 0.2) is 24.3 Å². The molecular weight excluding hydrogens is 338 g/mol. The molecule has 1 aromatic heterocycles. The van der Waals surface area contributed by atoms with Crippen LogP contribution in [0.4, 0.5) is 0 Å². The third kappa shape index (κ3) is 2.77. The highest BCUT2D eigenvalue weighted by Crippen LogP contribution is 2.46. The number of hydrogen-bond acceptors (Lipinski definition) is 3. The average molecular weight is 362 g/mol. The minimum absolute atomic E-state index is 0.0212. The van der Waals surface area contributed by atoms with Crippen LogP contribution in [0.2, 0.25) is 5.15 Å². The van der Waals surface area contributed by atoms with Gasteiger partial charge in [-0.2, -0.15) is 0 Å². The van der Waals surface area contributed by atoms with E-state index in [1.807, 2.05) is 35.9 Å². The molecule has 3 rings (SSSR count). The van der Waals surface area contributed by atoms with Crippen LogP contribution < -0.4 is 0 Å². The van der Waals surface area contributed by atoms with Gasteiger partial charge in [-0.05, 0) is 18.9 Å². The van der Waals surface area contributed by atoms with Gasteiger partial charge < -0.3 is 9.30 Å². The van der Waals surface area contributed by atoms with Crippen molar-refractivity contribution in [1.82, 2.24) is 4.57 Å². The molecule has 25 heavy (non-hydrogen) atoms. The van der Waals surface area contributed by atoms with Crippen LogP contribution in [0, 0.1) is 11.8 Å². The molecule has 0 N–H and O–H groups in total. The Bertz CT molecular complexity index is 837. The fraction of sp³-hybridized carbons (Fsp3) is 0.500. The molecule has 4 nitrogen and oxygen atoms in total. The highest BCUT2D eigenvalue weighted by Gasteiger charge is 2.46. The van der Waals surface area contributed by atoms with E-state index in [9.17, 15) is 9.59 Å². The first kappa shape index (κ1) is 18.0. The second-order valence-electron chi connectivity index (χ2n) is 7.43. The van der Waals surface area contributed by atoms with Gasteiger partial charge in [-0.25, -0.2) is 0 Å². The summed E-state index contributed by atoms with van der Waals surface area (Å²) in [4.78, 5) is 25.0. The van der Waals surface area contributed by atoms with Crippen LogP contribution >= 0.6 is 11.6 Å². The Morgan fingerprint density at radius 2 is 1.96 bits per heavy atom. The van der Waals surface area contributed by atoms with Gasteiger partial charge >= 0.3 is 5.97 Å². The number of carbonyl (C=O) groups is 2. The SMILES string of the molecule is COC(=O)C1CCCC(C(C)(C)c2c(Cl)n(C)c3ccccc23)C1=O. The molecule has 0 radical (unpaired) electrons. The number of ether oxygens (including phenoxy) is 1. The number of hydrogen-bond donors (Lipinski definition) is 0. The maximum atomic E-state index is 13.0. The number of Topliss-reactive ketones (excluding diaryl/α,β-unsaturated/α-hetero) is 1. The van der Waals surface area contributed by atoms with E-state index in [0.29, 0.717) is 11.6 Å². The van der Waals surface area contributed by atoms with Crippen LogP contribution in [0.3, 0.4) is 0 Å². The molecule has 2 unspecified atom stereocenters. The molecular formula is C20H24ClNO3. The monoisotopic (exact) mass is 361 g/mol. The van der Waals surface area contributed by atoms with E-state index < -0.39 is 17.3 Å². The van der Waals surface area contributed by atoms with Crippen molar-refractivity contribution in [1.29, 1.82) is 0 Å². The summed E-state index contributed by atoms with van der Waals surface area (Å²) in [6.45, 7) is 4.12. The van der Waals surface area contributed by atoms with Crippen molar-refractivity contribution in [3.8, 4) is 0 Å². The minimum atomic E-state index is -0.656. The fourth-order valence-electron chi connectivity index (χ4n) is 4.30. The number of ketones is 1. The normalized spacial score (nSPS) is 21.6. The largest absolute Gasteiger partial charge is 0.468 e. The number of halogens is 1. The Hall–Kier alpha value is -1.81. The van der Waals surface area contributed by atoms with Crippen LogP contribution in [0.25, 0.3) is 10.9 Å². The first-order valence-electron chi connectivity index (χ1n) is 8.65. The topological polar surface area (TPSA) is 48.3 Å². The molecule has 0 saturated heterocycles. The average Bonchev–Trinajstić information content (AvgIpc) is 2.86. The predicted molar refractivity (Wildman–Crippen MR) is 98.8 cm³/mol. The predicted octanol–water partition coefficient (Wildman–Crippen LogP) is 4.27. The summed E-state index contributed by atoms with van der Waals surface area (Å²) in [7, 11) is 3.27. The lowest BCUT2D eigenvalue weighted by Crippen LogP contribution is -2.43. The number of esters is 1. The molecule has 134 valence electrons. The Balaban J connectivity index is 2.09. The van der Waals surface area contributed by atoms with E-state index in [1.54, 1.807) is 0 Å². The van der Waals surface area contributed by atoms with Gasteiger partial charge in [0, 0.05) is 34.8 Å². The molecule has 0 amide bonds. The molecule has 1 heterocycles. The first-order chi connectivity index (χ1) is 11.8. The van der Waals surface area contributed by atoms with Gasteiger partial charge in [-0.3, -0.25) is 9.59 Å². The fourth-order valence-corrected chi connectivity index (χ4v) is 4.73. The zero-order valence-electron chi connectivity index (χ0n) is 15.1. The van der Waals surface area contributed by atoms with Gasteiger partial charge in [0.05, 0.1) is 7.11 Å². The summed E-state index contributed by atoms with van der Waals surface area (Å²) < 4.78 is 6.79. The second-order valence-corrected chi connectivity index (χ2v) is 7.78. The molecule has 1 saturated carbocycles. The van der Waals surface area contributed by atoms with Crippen molar-refractivity contribution in [2.24, 2.45) is 18.9 Å². The van der Waals surface area contributed by atoms with E-state index in [2.05, 4.69) is 13.8 Å². The lowest BCUT2D eigenvalue weighted by molar-refractivity contribution is -0.153. The highest BCUT2D eigenvalue weighted by atomic mass is 35.5. The number of nitrogens with zero attached hydrogens (tertiary/aromatic N) is 1. The van der Waals surface area contributed by atoms with Gasteiger partial charge in [0.15, 0.2) is 5.78 Å². The van der Waals surface area contributed by atoms with E-state index >= 15 is 0 Å². The number of para-hydroxylation sites is 1. The number of methoxy groups -OCH3 is 1. The molecule has 5 heteroatoms. The number of rotatable bonds is 3. The second kappa shape index (κ2) is 6.49. The molecule has 0 spiro atoms. The van der Waals surface area contributed by atoms with Crippen LogP contribution in [0.1, 0.15) is 38.7 Å². The number of fused-ring (bicyclic) bond motifs is 1. The molecule has 1 aliphatic carbocycles. The minimum Gasteiger partial charge on any atom is -0.468 e. The third-order valence-electron chi connectivity index (χ3n) is 5.71. The molecule has 2 atom stereocenters. The van der Waals surface area contributed by atoms with E-state index in [0.717, 1.165) is 29.3 Å². The summed E-state index contributed by atoms with van der Waals surface area (Å²) in [5, 5.41) is 1.71. The summed E-state index contributed by atoms with van der Waals surface area (Å²) >= 11 is 6.67. The molecule has 1 fully saturated rings. The Morgan fingerprint density at radius 3 is 2.64 bits per heavy atom. The standard InChI is InChI=1S/C20H24ClNO3/c1-20(2,14-10-7-9-13(17(14)23)19(24)25-4)16-12-8-5-6-11-15(12)22(3)18(16)21/h5-6,8,11,13-14H,7,9-10H2,1-4H3. The third-order valence-corrected chi connectivity index (χ3v) is 6.15. The van der Waals surface area contributed by atoms with Crippen LogP contribution in [-0.4, -0.2) is 23.4 Å². The summed E-state index contributed by atoms with van der Waals surface area (Å²) in [5.41, 5.74) is 1.56. The summed E-state index contributed by atoms with van der Waals surface area (Å²) in [5.74, 6) is -1.35. The zero-order chi connectivity index (χ0) is 18.4. The van der Waals surface area contributed by atoms with Crippen molar-refractivity contribution in [2.75, 3.05) is 7.11 Å². The lowest BCUT2D eigenvalue weighted by atomic mass is 9.64. The lowest BCUT2D eigenvalue weighted by Gasteiger charge is -2.38. The Labute approximate surface area is 153 Å². The molecule has 2 aromatic rings.